The summed E-state index contributed by atoms with van der Waals surface area (Å²) in [5.74, 6) is -0.159. The van der Waals surface area contributed by atoms with Crippen LogP contribution in [0.1, 0.15) is 23.2 Å². The van der Waals surface area contributed by atoms with Crippen LogP contribution in [0.4, 0.5) is 11.4 Å². The van der Waals surface area contributed by atoms with Crippen molar-refractivity contribution in [2.75, 3.05) is 49.5 Å². The van der Waals surface area contributed by atoms with Crippen LogP contribution in [-0.2, 0) is 4.74 Å². The number of rotatable bonds is 5. The number of aromatic carboxylic acids is 1. The third-order valence-electron chi connectivity index (χ3n) is 5.53. The summed E-state index contributed by atoms with van der Waals surface area (Å²) in [7, 11) is 0. The first kappa shape index (κ1) is 20.2. The molecule has 2 saturated heterocycles. The summed E-state index contributed by atoms with van der Waals surface area (Å²) < 4.78 is 5.73. The normalized spacial score (nSPS) is 19.7. The van der Waals surface area contributed by atoms with Crippen molar-refractivity contribution in [2.24, 2.45) is 4.99 Å². The minimum atomic E-state index is -0.937. The van der Waals surface area contributed by atoms with E-state index in [2.05, 4.69) is 39.4 Å². The Labute approximate surface area is 177 Å². The fraction of sp³-hybridized carbons (Fsp3) is 0.391. The van der Waals surface area contributed by atoms with E-state index in [1.165, 1.54) is 5.69 Å². The highest BCUT2D eigenvalue weighted by molar-refractivity contribution is 5.96. The molecule has 4 rings (SSSR count). The van der Waals surface area contributed by atoms with Gasteiger partial charge in [-0.3, -0.25) is 4.99 Å². The molecule has 0 unspecified atom stereocenters. The van der Waals surface area contributed by atoms with Crippen molar-refractivity contribution in [3.05, 3.63) is 60.2 Å². The molecular formula is C23H28N4O3. The van der Waals surface area contributed by atoms with Gasteiger partial charge in [0.05, 0.1) is 18.2 Å². The molecule has 2 aromatic rings. The van der Waals surface area contributed by atoms with Crippen LogP contribution < -0.4 is 10.2 Å². The van der Waals surface area contributed by atoms with Crippen molar-refractivity contribution < 1.29 is 14.6 Å². The highest BCUT2D eigenvalue weighted by Crippen LogP contribution is 2.18. The van der Waals surface area contributed by atoms with Gasteiger partial charge in [-0.2, -0.15) is 0 Å². The molecule has 2 N–H and O–H groups in total. The Hall–Kier alpha value is -3.06. The molecule has 0 aromatic heterocycles. The van der Waals surface area contributed by atoms with Gasteiger partial charge in [0.25, 0.3) is 0 Å². The van der Waals surface area contributed by atoms with E-state index in [1.54, 1.807) is 18.2 Å². The Morgan fingerprint density at radius 2 is 1.90 bits per heavy atom. The predicted molar refractivity (Wildman–Crippen MR) is 119 cm³/mol. The lowest BCUT2D eigenvalue weighted by Crippen LogP contribution is -2.51. The maximum Gasteiger partial charge on any atom is 0.335 e. The molecule has 7 heteroatoms. The molecule has 2 aromatic carbocycles. The highest BCUT2D eigenvalue weighted by atomic mass is 16.5. The summed E-state index contributed by atoms with van der Waals surface area (Å²) in [6.07, 6.45) is 2.28. The number of hydrogen-bond donors (Lipinski definition) is 2. The van der Waals surface area contributed by atoms with Crippen molar-refractivity contribution in [1.29, 1.82) is 0 Å². The molecule has 2 fully saturated rings. The van der Waals surface area contributed by atoms with E-state index in [0.29, 0.717) is 6.54 Å². The Morgan fingerprint density at radius 3 is 2.60 bits per heavy atom. The van der Waals surface area contributed by atoms with E-state index < -0.39 is 5.97 Å². The second-order valence-electron chi connectivity index (χ2n) is 7.62. The lowest BCUT2D eigenvalue weighted by atomic mass is 10.2. The number of aliphatic imine (C=N–C) groups is 1. The molecule has 0 bridgehead atoms. The number of hydrogen-bond acceptors (Lipinski definition) is 4. The molecule has 158 valence electrons. The van der Waals surface area contributed by atoms with Gasteiger partial charge >= 0.3 is 5.97 Å². The first-order valence-corrected chi connectivity index (χ1v) is 10.5. The predicted octanol–water partition coefficient (Wildman–Crippen LogP) is 3.15. The minimum absolute atomic E-state index is 0.165. The number of nitrogens with zero attached hydrogens (tertiary/aromatic N) is 3. The third kappa shape index (κ3) is 5.10. The second kappa shape index (κ2) is 9.63. The van der Waals surface area contributed by atoms with E-state index in [0.717, 1.165) is 57.3 Å². The van der Waals surface area contributed by atoms with Crippen molar-refractivity contribution in [3.8, 4) is 0 Å². The number of carboxylic acids is 1. The van der Waals surface area contributed by atoms with Gasteiger partial charge in [0, 0.05) is 44.2 Å². The monoisotopic (exact) mass is 408 g/mol. The molecule has 0 amide bonds. The molecule has 1 atom stereocenters. The number of carbonyl (C=O) groups is 1. The summed E-state index contributed by atoms with van der Waals surface area (Å²) in [6, 6.07) is 17.3. The smallest absolute Gasteiger partial charge is 0.335 e. The molecule has 2 aliphatic rings. The van der Waals surface area contributed by atoms with E-state index in [1.807, 2.05) is 12.1 Å². The lowest BCUT2D eigenvalue weighted by molar-refractivity contribution is 0.0697. The highest BCUT2D eigenvalue weighted by Gasteiger charge is 2.22. The van der Waals surface area contributed by atoms with E-state index in [4.69, 9.17) is 9.73 Å². The number of piperazine rings is 1. The summed E-state index contributed by atoms with van der Waals surface area (Å²) in [4.78, 5) is 20.8. The average molecular weight is 409 g/mol. The molecule has 0 radical (unpaired) electrons. The number of guanidine groups is 1. The first-order valence-electron chi connectivity index (χ1n) is 10.5. The van der Waals surface area contributed by atoms with Crippen molar-refractivity contribution in [2.45, 2.75) is 18.9 Å². The molecule has 0 aliphatic carbocycles. The van der Waals surface area contributed by atoms with E-state index in [9.17, 15) is 9.90 Å². The largest absolute Gasteiger partial charge is 0.478 e. The van der Waals surface area contributed by atoms with Crippen LogP contribution in [0.15, 0.2) is 59.6 Å². The maximum absolute atomic E-state index is 11.3. The standard InChI is InChI=1S/C23H28N4O3/c28-22(29)18-6-4-7-19(16-18)25-23(24-17-21-10-5-15-30-21)27-13-11-26(12-14-27)20-8-2-1-3-9-20/h1-4,6-9,16,21H,5,10-15,17H2,(H,24,25)(H,28,29)/t21-/m1/s1. The van der Waals surface area contributed by atoms with Gasteiger partial charge in [0.15, 0.2) is 5.96 Å². The van der Waals surface area contributed by atoms with Gasteiger partial charge < -0.3 is 25.0 Å². The zero-order valence-corrected chi connectivity index (χ0v) is 17.0. The van der Waals surface area contributed by atoms with Crippen LogP contribution in [0.2, 0.25) is 0 Å². The third-order valence-corrected chi connectivity index (χ3v) is 5.53. The van der Waals surface area contributed by atoms with Crippen LogP contribution in [0, 0.1) is 0 Å². The van der Waals surface area contributed by atoms with Crippen molar-refractivity contribution in [1.82, 2.24) is 4.90 Å². The number of carboxylic acid groups (broad SMARTS) is 1. The van der Waals surface area contributed by atoms with E-state index in [-0.39, 0.29) is 11.7 Å². The Bertz CT molecular complexity index is 873. The summed E-state index contributed by atoms with van der Waals surface area (Å²) >= 11 is 0. The van der Waals surface area contributed by atoms with Gasteiger partial charge in [-0.15, -0.1) is 0 Å². The Balaban J connectivity index is 1.47. The second-order valence-corrected chi connectivity index (χ2v) is 7.62. The summed E-state index contributed by atoms with van der Waals surface area (Å²) in [5.41, 5.74) is 2.22. The zero-order valence-electron chi connectivity index (χ0n) is 17.0. The zero-order chi connectivity index (χ0) is 20.8. The average Bonchev–Trinajstić information content (AvgIpc) is 3.31. The Kier molecular flexibility index (Phi) is 6.49. The maximum atomic E-state index is 11.3. The molecule has 0 saturated carbocycles. The number of para-hydroxylation sites is 1. The molecule has 0 spiro atoms. The van der Waals surface area contributed by atoms with Crippen LogP contribution in [-0.4, -0.2) is 67.4 Å². The van der Waals surface area contributed by atoms with Crippen LogP contribution in [0.25, 0.3) is 0 Å². The van der Waals surface area contributed by atoms with Gasteiger partial charge in [0.1, 0.15) is 0 Å². The summed E-state index contributed by atoms with van der Waals surface area (Å²) in [6.45, 7) is 4.90. The number of anilines is 2. The van der Waals surface area contributed by atoms with Gasteiger partial charge in [-0.1, -0.05) is 24.3 Å². The molecular weight excluding hydrogens is 380 g/mol. The van der Waals surface area contributed by atoms with Crippen molar-refractivity contribution in [3.63, 3.8) is 0 Å². The number of benzene rings is 2. The first-order chi connectivity index (χ1) is 14.7. The molecule has 2 aliphatic heterocycles. The molecule has 30 heavy (non-hydrogen) atoms. The topological polar surface area (TPSA) is 77.4 Å². The number of ether oxygens (including phenoxy) is 1. The van der Waals surface area contributed by atoms with Gasteiger partial charge in [-0.25, -0.2) is 4.79 Å². The van der Waals surface area contributed by atoms with Crippen molar-refractivity contribution >= 4 is 23.3 Å². The summed E-state index contributed by atoms with van der Waals surface area (Å²) in [5, 5.41) is 12.6. The van der Waals surface area contributed by atoms with E-state index >= 15 is 0 Å². The Morgan fingerprint density at radius 1 is 1.10 bits per heavy atom. The van der Waals surface area contributed by atoms with Gasteiger partial charge in [-0.05, 0) is 43.2 Å². The molecule has 7 nitrogen and oxygen atoms in total. The van der Waals surface area contributed by atoms with Gasteiger partial charge in [0.2, 0.25) is 0 Å². The fourth-order valence-electron chi connectivity index (χ4n) is 3.87. The number of nitrogens with one attached hydrogen (secondary N) is 1. The van der Waals surface area contributed by atoms with Crippen LogP contribution >= 0.6 is 0 Å². The fourth-order valence-corrected chi connectivity index (χ4v) is 3.87. The van der Waals surface area contributed by atoms with Crippen LogP contribution in [0.5, 0.6) is 0 Å². The molecule has 2 heterocycles. The lowest BCUT2D eigenvalue weighted by Gasteiger charge is -2.38. The quantitative estimate of drug-likeness (QED) is 0.585. The minimum Gasteiger partial charge on any atom is -0.478 e. The SMILES string of the molecule is O=C(O)c1cccc(NC(=NC[C@H]2CCCO2)N2CCN(c3ccccc3)CC2)c1. The van der Waals surface area contributed by atoms with Crippen LogP contribution in [0.3, 0.4) is 0 Å².